The fourth-order valence-electron chi connectivity index (χ4n) is 3.12. The molecule has 0 saturated carbocycles. The summed E-state index contributed by atoms with van der Waals surface area (Å²) in [6.07, 6.45) is -2.44. The second kappa shape index (κ2) is 8.64. The van der Waals surface area contributed by atoms with Crippen LogP contribution >= 0.6 is 0 Å². The van der Waals surface area contributed by atoms with E-state index in [0.717, 1.165) is 34.4 Å². The van der Waals surface area contributed by atoms with Crippen molar-refractivity contribution in [1.82, 2.24) is 20.3 Å². The molecule has 0 radical (unpaired) electrons. The van der Waals surface area contributed by atoms with Gasteiger partial charge in [-0.3, -0.25) is 4.79 Å². The van der Waals surface area contributed by atoms with Crippen molar-refractivity contribution in [3.8, 4) is 0 Å². The van der Waals surface area contributed by atoms with Gasteiger partial charge in [-0.1, -0.05) is 31.2 Å². The maximum Gasteiger partial charge on any atom is 0.419 e. The van der Waals surface area contributed by atoms with E-state index in [2.05, 4.69) is 25.6 Å². The highest BCUT2D eigenvalue weighted by Crippen LogP contribution is 2.28. The number of hydrogen-bond acceptors (Lipinski definition) is 5. The lowest BCUT2D eigenvalue weighted by Gasteiger charge is -2.19. The molecule has 2 aromatic heterocycles. The van der Waals surface area contributed by atoms with Crippen LogP contribution in [0.1, 0.15) is 40.7 Å². The Bertz CT molecular complexity index is 1050. The Balaban J connectivity index is 1.69. The number of aromatic nitrogens is 3. The Kier molecular flexibility index (Phi) is 6.19. The quantitative estimate of drug-likeness (QED) is 0.626. The van der Waals surface area contributed by atoms with E-state index in [1.54, 1.807) is 0 Å². The van der Waals surface area contributed by atoms with Crippen molar-refractivity contribution in [2.75, 3.05) is 11.9 Å². The number of pyridine rings is 1. The molecule has 0 bridgehead atoms. The summed E-state index contributed by atoms with van der Waals surface area (Å²) in [6.45, 7) is 5.88. The normalized spacial score (nSPS) is 12.6. The summed E-state index contributed by atoms with van der Waals surface area (Å²) in [5.41, 5.74) is 1.00. The first-order valence-corrected chi connectivity index (χ1v) is 9.50. The lowest BCUT2D eigenvalue weighted by molar-refractivity contribution is -0.138. The summed E-state index contributed by atoms with van der Waals surface area (Å²) in [4.78, 5) is 24.7. The largest absolute Gasteiger partial charge is 0.419 e. The number of nitrogens with one attached hydrogen (secondary N) is 2. The van der Waals surface area contributed by atoms with E-state index in [1.165, 1.54) is 0 Å². The fourth-order valence-corrected chi connectivity index (χ4v) is 3.12. The van der Waals surface area contributed by atoms with Gasteiger partial charge in [0, 0.05) is 36.1 Å². The molecule has 6 nitrogen and oxygen atoms in total. The van der Waals surface area contributed by atoms with E-state index >= 15 is 0 Å². The molecular weight excluding hydrogens is 395 g/mol. The molecule has 9 heteroatoms. The van der Waals surface area contributed by atoms with E-state index in [0.29, 0.717) is 12.1 Å². The third-order valence-corrected chi connectivity index (χ3v) is 4.88. The zero-order valence-corrected chi connectivity index (χ0v) is 16.8. The number of benzene rings is 1. The van der Waals surface area contributed by atoms with Crippen molar-refractivity contribution in [2.24, 2.45) is 0 Å². The maximum absolute atomic E-state index is 12.8. The topological polar surface area (TPSA) is 79.8 Å². The summed E-state index contributed by atoms with van der Waals surface area (Å²) in [5, 5.41) is 7.76. The van der Waals surface area contributed by atoms with Crippen molar-refractivity contribution in [1.29, 1.82) is 0 Å². The van der Waals surface area contributed by atoms with Gasteiger partial charge in [-0.25, -0.2) is 15.0 Å². The molecule has 158 valence electrons. The van der Waals surface area contributed by atoms with Gasteiger partial charge in [0.15, 0.2) is 0 Å². The molecule has 0 saturated heterocycles. The molecule has 1 unspecified atom stereocenters. The molecule has 2 N–H and O–H groups in total. The number of amides is 1. The van der Waals surface area contributed by atoms with Gasteiger partial charge in [-0.2, -0.15) is 13.2 Å². The molecule has 0 fully saturated rings. The highest BCUT2D eigenvalue weighted by molar-refractivity contribution is 6.00. The number of halogens is 3. The number of rotatable bonds is 6. The van der Waals surface area contributed by atoms with Crippen LogP contribution < -0.4 is 10.6 Å². The van der Waals surface area contributed by atoms with E-state index in [4.69, 9.17) is 0 Å². The van der Waals surface area contributed by atoms with Crippen LogP contribution in [0.15, 0.2) is 36.7 Å². The zero-order valence-electron chi connectivity index (χ0n) is 16.8. The number of carbonyl (C=O) groups is 1. The summed E-state index contributed by atoms with van der Waals surface area (Å²) < 4.78 is 37.8. The number of fused-ring (bicyclic) bond motifs is 1. The first-order chi connectivity index (χ1) is 14.2. The van der Waals surface area contributed by atoms with Gasteiger partial charge in [0.1, 0.15) is 5.69 Å². The predicted molar refractivity (Wildman–Crippen MR) is 108 cm³/mol. The minimum absolute atomic E-state index is 0.0616. The number of anilines is 1. The average molecular weight is 417 g/mol. The van der Waals surface area contributed by atoms with Gasteiger partial charge in [0.2, 0.25) is 5.95 Å². The third-order valence-electron chi connectivity index (χ3n) is 4.88. The third kappa shape index (κ3) is 4.67. The van der Waals surface area contributed by atoms with Crippen molar-refractivity contribution >= 4 is 22.6 Å². The van der Waals surface area contributed by atoms with Gasteiger partial charge >= 0.3 is 6.18 Å². The number of aryl methyl sites for hydroxylation is 2. The summed E-state index contributed by atoms with van der Waals surface area (Å²) in [5.74, 6) is -0.241. The molecule has 0 spiro atoms. The molecule has 3 rings (SSSR count). The average Bonchev–Trinajstić information content (AvgIpc) is 2.73. The van der Waals surface area contributed by atoms with Gasteiger partial charge < -0.3 is 10.6 Å². The second-order valence-corrected chi connectivity index (χ2v) is 6.97. The molecule has 30 heavy (non-hydrogen) atoms. The van der Waals surface area contributed by atoms with Crippen LogP contribution in [0.3, 0.4) is 0 Å². The standard InChI is InChI=1S/C21H22F3N5O/c1-4-15(11-27-20-25-9-14(10-26-20)21(22,23)24)29-19(30)18-12(2)16-7-5-6-8-17(16)13(3)28-18/h5-10,15H,4,11H2,1-3H3,(H,29,30)(H,25,26,27). The SMILES string of the molecule is CCC(CNc1ncc(C(F)(F)F)cn1)NC(=O)c1nc(C)c2ccccc2c1C. The lowest BCUT2D eigenvalue weighted by atomic mass is 10.0. The Morgan fingerprint density at radius 3 is 2.33 bits per heavy atom. The summed E-state index contributed by atoms with van der Waals surface area (Å²) >= 11 is 0. The minimum Gasteiger partial charge on any atom is -0.352 e. The Morgan fingerprint density at radius 2 is 1.73 bits per heavy atom. The smallest absolute Gasteiger partial charge is 0.352 e. The molecular formula is C21H22F3N5O. The molecule has 1 amide bonds. The second-order valence-electron chi connectivity index (χ2n) is 6.97. The van der Waals surface area contributed by atoms with Gasteiger partial charge in [-0.15, -0.1) is 0 Å². The summed E-state index contributed by atoms with van der Waals surface area (Å²) in [7, 11) is 0. The molecule has 3 aromatic rings. The van der Waals surface area contributed by atoms with Gasteiger partial charge in [0.05, 0.1) is 5.56 Å². The van der Waals surface area contributed by atoms with E-state index < -0.39 is 11.7 Å². The van der Waals surface area contributed by atoms with Crippen molar-refractivity contribution in [3.63, 3.8) is 0 Å². The van der Waals surface area contributed by atoms with Crippen LogP contribution in [0.5, 0.6) is 0 Å². The van der Waals surface area contributed by atoms with Crippen LogP contribution in [-0.4, -0.2) is 33.4 Å². The molecule has 0 aliphatic carbocycles. The Labute approximate surface area is 172 Å². The number of carbonyl (C=O) groups excluding carboxylic acids is 1. The van der Waals surface area contributed by atoms with Crippen LogP contribution in [0.25, 0.3) is 10.8 Å². The fraction of sp³-hybridized carbons (Fsp3) is 0.333. The predicted octanol–water partition coefficient (Wildman–Crippen LogP) is 4.28. The number of alkyl halides is 3. The number of hydrogen-bond donors (Lipinski definition) is 2. The van der Waals surface area contributed by atoms with Crippen molar-refractivity contribution < 1.29 is 18.0 Å². The minimum atomic E-state index is -4.48. The van der Waals surface area contributed by atoms with Crippen LogP contribution in [0, 0.1) is 13.8 Å². The highest BCUT2D eigenvalue weighted by Gasteiger charge is 2.31. The van der Waals surface area contributed by atoms with Crippen LogP contribution in [-0.2, 0) is 6.18 Å². The zero-order chi connectivity index (χ0) is 21.9. The Morgan fingerprint density at radius 1 is 1.10 bits per heavy atom. The van der Waals surface area contributed by atoms with Gasteiger partial charge in [0.25, 0.3) is 5.91 Å². The molecule has 1 aromatic carbocycles. The van der Waals surface area contributed by atoms with Crippen LogP contribution in [0.2, 0.25) is 0 Å². The monoisotopic (exact) mass is 417 g/mol. The van der Waals surface area contributed by atoms with Crippen molar-refractivity contribution in [2.45, 2.75) is 39.4 Å². The first kappa shape index (κ1) is 21.5. The molecule has 0 aliphatic rings. The van der Waals surface area contributed by atoms with Crippen molar-refractivity contribution in [3.05, 3.63) is 59.2 Å². The highest BCUT2D eigenvalue weighted by atomic mass is 19.4. The maximum atomic E-state index is 12.8. The molecule has 1 atom stereocenters. The van der Waals surface area contributed by atoms with Crippen LogP contribution in [0.4, 0.5) is 19.1 Å². The van der Waals surface area contributed by atoms with E-state index in [9.17, 15) is 18.0 Å². The lowest BCUT2D eigenvalue weighted by Crippen LogP contribution is -2.40. The first-order valence-electron chi connectivity index (χ1n) is 9.50. The molecule has 0 aliphatic heterocycles. The Hall–Kier alpha value is -3.23. The van der Waals surface area contributed by atoms with Gasteiger partial charge in [-0.05, 0) is 31.2 Å². The number of nitrogens with zero attached hydrogens (tertiary/aromatic N) is 3. The summed E-state index contributed by atoms with van der Waals surface area (Å²) in [6, 6.07) is 7.49. The van der Waals surface area contributed by atoms with E-state index in [1.807, 2.05) is 45.0 Å². The van der Waals surface area contributed by atoms with E-state index in [-0.39, 0.29) is 24.4 Å². The molecule has 2 heterocycles.